The highest BCUT2D eigenvalue weighted by atomic mass is 35.5. The Bertz CT molecular complexity index is 504. The highest BCUT2D eigenvalue weighted by Gasteiger charge is 2.13. The van der Waals surface area contributed by atoms with Crippen LogP contribution < -0.4 is 14.8 Å². The first-order chi connectivity index (χ1) is 9.82. The van der Waals surface area contributed by atoms with Gasteiger partial charge in [-0.2, -0.15) is 0 Å². The maximum atomic E-state index is 6.41. The first-order valence-corrected chi connectivity index (χ1v) is 7.55. The fourth-order valence-corrected chi connectivity index (χ4v) is 2.18. The molecule has 1 rings (SSSR count). The lowest BCUT2D eigenvalue weighted by atomic mass is 10.0. The average molecular weight is 312 g/mol. The van der Waals surface area contributed by atoms with Crippen LogP contribution >= 0.6 is 11.6 Å². The van der Waals surface area contributed by atoms with Crippen molar-refractivity contribution in [3.63, 3.8) is 0 Å². The molecule has 21 heavy (non-hydrogen) atoms. The van der Waals surface area contributed by atoms with Crippen LogP contribution in [0.4, 0.5) is 0 Å². The van der Waals surface area contributed by atoms with E-state index in [1.807, 2.05) is 12.1 Å². The Kier molecular flexibility index (Phi) is 6.56. The van der Waals surface area contributed by atoms with Gasteiger partial charge in [0.25, 0.3) is 0 Å². The van der Waals surface area contributed by atoms with Gasteiger partial charge in [-0.1, -0.05) is 30.2 Å². The van der Waals surface area contributed by atoms with Gasteiger partial charge in [0.15, 0.2) is 11.5 Å². The first-order valence-electron chi connectivity index (χ1n) is 7.17. The molecule has 1 aromatic carbocycles. The molecule has 4 heteroatoms. The standard InChI is InChI=1S/C17H26ClNO2/c1-7-12(11-19-17(2,3)4)10-13-8-9-14(20-5)16(21-6)15(13)18/h8-10,19H,7,11H2,1-6H3. The molecule has 0 aliphatic heterocycles. The summed E-state index contributed by atoms with van der Waals surface area (Å²) in [6.45, 7) is 9.45. The smallest absolute Gasteiger partial charge is 0.179 e. The van der Waals surface area contributed by atoms with Crippen molar-refractivity contribution >= 4 is 17.7 Å². The van der Waals surface area contributed by atoms with E-state index >= 15 is 0 Å². The Balaban J connectivity index is 3.06. The lowest BCUT2D eigenvalue weighted by molar-refractivity contribution is 0.355. The van der Waals surface area contributed by atoms with Crippen LogP contribution in [0.15, 0.2) is 17.7 Å². The van der Waals surface area contributed by atoms with E-state index in [1.165, 1.54) is 5.57 Å². The Morgan fingerprint density at radius 2 is 1.90 bits per heavy atom. The quantitative estimate of drug-likeness (QED) is 0.836. The summed E-state index contributed by atoms with van der Waals surface area (Å²) in [4.78, 5) is 0. The summed E-state index contributed by atoms with van der Waals surface area (Å²) in [6.07, 6.45) is 3.08. The molecule has 0 saturated heterocycles. The second kappa shape index (κ2) is 7.71. The molecular formula is C17H26ClNO2. The van der Waals surface area contributed by atoms with Gasteiger partial charge in [0.2, 0.25) is 0 Å². The lowest BCUT2D eigenvalue weighted by Gasteiger charge is -2.21. The number of halogens is 1. The van der Waals surface area contributed by atoms with Gasteiger partial charge in [0.1, 0.15) is 0 Å². The van der Waals surface area contributed by atoms with Crippen molar-refractivity contribution in [2.24, 2.45) is 0 Å². The summed E-state index contributed by atoms with van der Waals surface area (Å²) in [6, 6.07) is 3.83. The van der Waals surface area contributed by atoms with Gasteiger partial charge in [-0.3, -0.25) is 0 Å². The van der Waals surface area contributed by atoms with Crippen LogP contribution in [0.25, 0.3) is 6.08 Å². The van der Waals surface area contributed by atoms with Crippen molar-refractivity contribution in [2.45, 2.75) is 39.7 Å². The highest BCUT2D eigenvalue weighted by Crippen LogP contribution is 2.38. The van der Waals surface area contributed by atoms with Crippen molar-refractivity contribution < 1.29 is 9.47 Å². The van der Waals surface area contributed by atoms with Gasteiger partial charge in [0, 0.05) is 12.1 Å². The Morgan fingerprint density at radius 1 is 1.24 bits per heavy atom. The molecule has 3 nitrogen and oxygen atoms in total. The maximum Gasteiger partial charge on any atom is 0.179 e. The molecule has 0 aliphatic carbocycles. The van der Waals surface area contributed by atoms with Crippen molar-refractivity contribution in [1.82, 2.24) is 5.32 Å². The van der Waals surface area contributed by atoms with Crippen molar-refractivity contribution in [1.29, 1.82) is 0 Å². The molecule has 0 aliphatic rings. The monoisotopic (exact) mass is 311 g/mol. The molecule has 0 aromatic heterocycles. The van der Waals surface area contributed by atoms with E-state index in [2.05, 4.69) is 39.1 Å². The maximum absolute atomic E-state index is 6.41. The zero-order valence-electron chi connectivity index (χ0n) is 13.8. The van der Waals surface area contributed by atoms with Crippen LogP contribution in [-0.2, 0) is 0 Å². The molecule has 0 spiro atoms. The molecule has 0 bridgehead atoms. The van der Waals surface area contributed by atoms with E-state index in [9.17, 15) is 0 Å². The van der Waals surface area contributed by atoms with E-state index < -0.39 is 0 Å². The van der Waals surface area contributed by atoms with E-state index in [-0.39, 0.29) is 5.54 Å². The predicted molar refractivity (Wildman–Crippen MR) is 90.6 cm³/mol. The molecule has 0 unspecified atom stereocenters. The van der Waals surface area contributed by atoms with Gasteiger partial charge in [-0.25, -0.2) is 0 Å². The minimum Gasteiger partial charge on any atom is -0.493 e. The molecule has 0 heterocycles. The lowest BCUT2D eigenvalue weighted by Crippen LogP contribution is -2.36. The zero-order valence-corrected chi connectivity index (χ0v) is 14.6. The molecule has 0 fully saturated rings. The minimum atomic E-state index is 0.0929. The van der Waals surface area contributed by atoms with Crippen molar-refractivity contribution in [3.8, 4) is 11.5 Å². The molecule has 0 saturated carbocycles. The van der Waals surface area contributed by atoms with Crippen LogP contribution in [0.2, 0.25) is 5.02 Å². The van der Waals surface area contributed by atoms with E-state index in [0.717, 1.165) is 18.5 Å². The molecule has 1 aromatic rings. The van der Waals surface area contributed by atoms with Crippen molar-refractivity contribution in [2.75, 3.05) is 20.8 Å². The number of methoxy groups -OCH3 is 2. The zero-order chi connectivity index (χ0) is 16.0. The summed E-state index contributed by atoms with van der Waals surface area (Å²) in [5, 5.41) is 4.08. The van der Waals surface area contributed by atoms with Gasteiger partial charge in [-0.15, -0.1) is 0 Å². The van der Waals surface area contributed by atoms with Crippen LogP contribution in [0.1, 0.15) is 39.7 Å². The van der Waals surface area contributed by atoms with Crippen LogP contribution in [0.5, 0.6) is 11.5 Å². The summed E-state index contributed by atoms with van der Waals surface area (Å²) in [7, 11) is 3.20. The number of benzene rings is 1. The number of hydrogen-bond donors (Lipinski definition) is 1. The summed E-state index contributed by atoms with van der Waals surface area (Å²) < 4.78 is 10.6. The topological polar surface area (TPSA) is 30.5 Å². The minimum absolute atomic E-state index is 0.0929. The fraction of sp³-hybridized carbons (Fsp3) is 0.529. The summed E-state index contributed by atoms with van der Waals surface area (Å²) in [5.41, 5.74) is 2.33. The summed E-state index contributed by atoms with van der Waals surface area (Å²) >= 11 is 6.41. The summed E-state index contributed by atoms with van der Waals surface area (Å²) in [5.74, 6) is 1.22. The highest BCUT2D eigenvalue weighted by molar-refractivity contribution is 6.33. The Morgan fingerprint density at radius 3 is 2.38 bits per heavy atom. The molecule has 0 radical (unpaired) electrons. The molecule has 1 N–H and O–H groups in total. The Hall–Kier alpha value is -1.19. The van der Waals surface area contributed by atoms with E-state index in [4.69, 9.17) is 21.1 Å². The molecule has 0 amide bonds. The van der Waals surface area contributed by atoms with E-state index in [0.29, 0.717) is 16.5 Å². The SMILES string of the molecule is CCC(=Cc1ccc(OC)c(OC)c1Cl)CNC(C)(C)C. The third-order valence-electron chi connectivity index (χ3n) is 3.17. The van der Waals surface area contributed by atoms with Crippen LogP contribution in [-0.4, -0.2) is 26.3 Å². The second-order valence-electron chi connectivity index (χ2n) is 5.96. The Labute approximate surface area is 133 Å². The number of nitrogens with one attached hydrogen (secondary N) is 1. The molecular weight excluding hydrogens is 286 g/mol. The van der Waals surface area contributed by atoms with Gasteiger partial charge >= 0.3 is 0 Å². The fourth-order valence-electron chi connectivity index (χ4n) is 1.89. The van der Waals surface area contributed by atoms with Crippen molar-refractivity contribution in [3.05, 3.63) is 28.3 Å². The van der Waals surface area contributed by atoms with Gasteiger partial charge in [-0.05, 0) is 44.9 Å². The number of ether oxygens (including phenoxy) is 2. The third kappa shape index (κ3) is 5.25. The van der Waals surface area contributed by atoms with E-state index in [1.54, 1.807) is 14.2 Å². The number of rotatable bonds is 6. The predicted octanol–water partition coefficient (Wildman–Crippen LogP) is 4.54. The first kappa shape index (κ1) is 17.9. The number of hydrogen-bond acceptors (Lipinski definition) is 3. The van der Waals surface area contributed by atoms with Crippen LogP contribution in [0, 0.1) is 0 Å². The van der Waals surface area contributed by atoms with Gasteiger partial charge in [0.05, 0.1) is 19.2 Å². The third-order valence-corrected chi connectivity index (χ3v) is 3.56. The molecule has 0 atom stereocenters. The second-order valence-corrected chi connectivity index (χ2v) is 6.34. The largest absolute Gasteiger partial charge is 0.493 e. The average Bonchev–Trinajstić information content (AvgIpc) is 2.43. The molecule has 118 valence electrons. The normalized spacial score (nSPS) is 12.4. The van der Waals surface area contributed by atoms with Gasteiger partial charge < -0.3 is 14.8 Å². The van der Waals surface area contributed by atoms with Crippen LogP contribution in [0.3, 0.4) is 0 Å².